The van der Waals surface area contributed by atoms with E-state index >= 15 is 35.1 Å². The summed E-state index contributed by atoms with van der Waals surface area (Å²) in [5.41, 5.74) is -15.2. The molecule has 1 aromatic heterocycles. The van der Waals surface area contributed by atoms with Crippen molar-refractivity contribution in [2.24, 2.45) is 0 Å². The first kappa shape index (κ1) is 47.6. The fourth-order valence-corrected chi connectivity index (χ4v) is 6.39. The number of hydrogen-bond donors (Lipinski definition) is 0. The normalized spacial score (nSPS) is 11.6. The quantitative estimate of drug-likeness (QED) is 0.0519. The Bertz CT molecular complexity index is 2460. The number of pyridine rings is 1. The maximum Gasteiger partial charge on any atom is 0.200 e. The third-order valence-electron chi connectivity index (χ3n) is 9.13. The number of benzene rings is 5. The van der Waals surface area contributed by atoms with Crippen LogP contribution in [-0.2, 0) is 6.54 Å². The smallest absolute Gasteiger partial charge is 0.200 e. The molecule has 0 atom stereocenters. The van der Waals surface area contributed by atoms with Gasteiger partial charge in [-0.1, -0.05) is 6.07 Å². The minimum absolute atomic E-state index is 0.438. The van der Waals surface area contributed by atoms with Crippen LogP contribution in [0.25, 0.3) is 0 Å². The maximum atomic E-state index is 15.4. The van der Waals surface area contributed by atoms with Gasteiger partial charge in [-0.3, -0.25) is 0 Å². The van der Waals surface area contributed by atoms with Crippen molar-refractivity contribution in [3.63, 3.8) is 0 Å². The van der Waals surface area contributed by atoms with E-state index in [9.17, 15) is 74.6 Å². The van der Waals surface area contributed by atoms with Gasteiger partial charge in [0, 0.05) is 12.1 Å². The molecule has 6 aromatic rings. The molecule has 5 aromatic carbocycles. The van der Waals surface area contributed by atoms with Gasteiger partial charge in [-0.25, -0.2) is 114 Å². The van der Waals surface area contributed by atoms with Gasteiger partial charge in [0.05, 0.1) is 5.56 Å². The number of halogens is 25. The summed E-state index contributed by atoms with van der Waals surface area (Å²) in [6, 6.07) is 4.81. The van der Waals surface area contributed by atoms with Crippen LogP contribution in [0, 0.1) is 145 Å². The Hall–Kier alpha value is -6.44. The Labute approximate surface area is 330 Å². The van der Waals surface area contributed by atoms with Crippen molar-refractivity contribution in [2.75, 3.05) is 0 Å². The summed E-state index contributed by atoms with van der Waals surface area (Å²) in [5.74, 6) is -81.0. The molecule has 0 spiro atoms. The summed E-state index contributed by atoms with van der Waals surface area (Å²) >= 11 is 0. The van der Waals surface area contributed by atoms with Gasteiger partial charge in [0.2, 0.25) is 5.82 Å². The first-order valence-corrected chi connectivity index (χ1v) is 15.9. The molecule has 6 rings (SSSR count). The Morgan fingerprint density at radius 2 is 0.413 bits per heavy atom. The monoisotopic (exact) mass is 939 g/mol. The second-order valence-corrected chi connectivity index (χ2v) is 12.4. The highest BCUT2D eigenvalue weighted by Crippen LogP contribution is 2.31. The van der Waals surface area contributed by atoms with E-state index in [1.54, 1.807) is 18.2 Å². The predicted molar refractivity (Wildman–Crippen MR) is 161 cm³/mol. The van der Waals surface area contributed by atoms with E-state index in [1.165, 1.54) is 17.0 Å². The lowest BCUT2D eigenvalue weighted by Crippen LogP contribution is -2.81. The molecule has 27 heteroatoms. The number of hydrogen-bond acceptors (Lipinski definition) is 0. The molecule has 0 amide bonds. The summed E-state index contributed by atoms with van der Waals surface area (Å²) in [7, 11) is 0. The Kier molecular flexibility index (Phi) is 12.9. The van der Waals surface area contributed by atoms with Gasteiger partial charge in [0.1, 0.15) is 52.7 Å². The zero-order chi connectivity index (χ0) is 47.6. The van der Waals surface area contributed by atoms with Gasteiger partial charge in [-0.2, -0.15) is 0 Å². The van der Waals surface area contributed by atoms with Crippen LogP contribution in [0.2, 0.25) is 0 Å². The summed E-state index contributed by atoms with van der Waals surface area (Å²) in [6.45, 7) is -0.438. The lowest BCUT2D eigenvalue weighted by molar-refractivity contribution is -0.688. The molecule has 0 radical (unpaired) electrons. The maximum absolute atomic E-state index is 15.4. The highest BCUT2D eigenvalue weighted by molar-refractivity contribution is 7.20. The second kappa shape index (κ2) is 17.0. The van der Waals surface area contributed by atoms with E-state index in [0.29, 0.717) is 0 Å². The average Bonchev–Trinajstić information content (AvgIpc) is 3.26. The summed E-state index contributed by atoms with van der Waals surface area (Å²) < 4.78 is 361. The molecular weight excluding hydrogens is 932 g/mol. The molecule has 0 N–H and O–H groups in total. The van der Waals surface area contributed by atoms with Crippen molar-refractivity contribution >= 4 is 28.0 Å². The molecule has 0 aliphatic carbocycles. The third kappa shape index (κ3) is 7.13. The molecule has 0 saturated heterocycles. The summed E-state index contributed by atoms with van der Waals surface area (Å²) in [4.78, 5) is 0. The van der Waals surface area contributed by atoms with Gasteiger partial charge in [0.25, 0.3) is 0 Å². The number of nitrogens with zero attached hydrogens (tertiary/aromatic N) is 1. The molecule has 1 nitrogen and oxygen atoms in total. The van der Waals surface area contributed by atoms with Gasteiger partial charge in [-0.05, 0) is 0 Å². The number of rotatable bonds is 6. The molecule has 63 heavy (non-hydrogen) atoms. The van der Waals surface area contributed by atoms with Crippen LogP contribution >= 0.6 is 0 Å². The van der Waals surface area contributed by atoms with Crippen LogP contribution in [0.5, 0.6) is 0 Å². The van der Waals surface area contributed by atoms with E-state index in [1.807, 2.05) is 0 Å². The minimum Gasteiger partial charge on any atom is -0.207 e. The topological polar surface area (TPSA) is 3.88 Å². The standard InChI is InChI=1S/C24BF20.C12H7F5N/c26-5-1(6(27)14(35)21(42)13(5)34)25(2-7(28)15(36)22(43)16(37)8(2)29,3-9(30)17(38)23(44)18(39)10(3)31)4-11(32)19(40)24(45)20(41)12(4)33;13-8-7(6-18-4-2-1-3-5-18)9(14)11(16)12(17)10(8)15/h;1-5H,6H2/q-1;+1. The van der Waals surface area contributed by atoms with E-state index in [4.69, 9.17) is 0 Å². The SMILES string of the molecule is Fc1c(F)c(F)c(C[n+]2ccccc2)c(F)c1F.Fc1c(F)c(F)c([B-](c2c(F)c(F)c(F)c(F)c2F)(c2c(F)c(F)c(F)c(F)c2F)c2c(F)c(F)c(F)c(F)c2F)c(F)c1F. The Morgan fingerprint density at radius 3 is 0.619 bits per heavy atom. The molecule has 0 bridgehead atoms. The Balaban J connectivity index is 0.000000345. The molecule has 334 valence electrons. The third-order valence-corrected chi connectivity index (χ3v) is 9.13. The first-order valence-electron chi connectivity index (χ1n) is 15.9. The molecule has 0 saturated carbocycles. The minimum atomic E-state index is -7.22. The van der Waals surface area contributed by atoms with E-state index in [2.05, 4.69) is 0 Å². The summed E-state index contributed by atoms with van der Waals surface area (Å²) in [6.07, 6.45) is -4.30. The molecule has 0 unspecified atom stereocenters. The lowest BCUT2D eigenvalue weighted by atomic mass is 9.12. The second-order valence-electron chi connectivity index (χ2n) is 12.4. The van der Waals surface area contributed by atoms with Crippen LogP contribution in [0.1, 0.15) is 5.56 Å². The van der Waals surface area contributed by atoms with Crippen molar-refractivity contribution in [2.45, 2.75) is 6.54 Å². The van der Waals surface area contributed by atoms with Crippen LogP contribution in [0.15, 0.2) is 30.6 Å². The van der Waals surface area contributed by atoms with Gasteiger partial charge in [-0.15, -0.1) is 21.9 Å². The van der Waals surface area contributed by atoms with Crippen molar-refractivity contribution in [1.82, 2.24) is 0 Å². The fraction of sp³-hybridized carbons (Fsp3) is 0.0278. The Morgan fingerprint density at radius 1 is 0.238 bits per heavy atom. The van der Waals surface area contributed by atoms with E-state index in [0.717, 1.165) is 0 Å². The average molecular weight is 939 g/mol. The molecule has 0 fully saturated rings. The fourth-order valence-electron chi connectivity index (χ4n) is 6.39. The molecule has 0 aliphatic rings. The van der Waals surface area contributed by atoms with E-state index in [-0.39, 0.29) is 0 Å². The summed E-state index contributed by atoms with van der Waals surface area (Å²) in [5, 5.41) is 0. The zero-order valence-corrected chi connectivity index (χ0v) is 29.1. The van der Waals surface area contributed by atoms with Gasteiger partial charge >= 0.3 is 0 Å². The van der Waals surface area contributed by atoms with Crippen molar-refractivity contribution in [3.8, 4) is 0 Å². The van der Waals surface area contributed by atoms with Crippen molar-refractivity contribution in [1.29, 1.82) is 0 Å². The van der Waals surface area contributed by atoms with Crippen LogP contribution in [0.4, 0.5) is 110 Å². The zero-order valence-electron chi connectivity index (χ0n) is 29.1. The highest BCUT2D eigenvalue weighted by Gasteiger charge is 2.52. The highest BCUT2D eigenvalue weighted by atomic mass is 19.2. The van der Waals surface area contributed by atoms with Crippen LogP contribution < -0.4 is 26.4 Å². The molecule has 1 heterocycles. The van der Waals surface area contributed by atoms with Crippen LogP contribution in [-0.4, -0.2) is 6.15 Å². The van der Waals surface area contributed by atoms with Crippen molar-refractivity contribution in [3.05, 3.63) is 182 Å². The van der Waals surface area contributed by atoms with Crippen LogP contribution in [0.3, 0.4) is 0 Å². The lowest BCUT2D eigenvalue weighted by Gasteiger charge is -2.44. The molecule has 0 aliphatic heterocycles. The largest absolute Gasteiger partial charge is 0.207 e. The number of aromatic nitrogens is 1. The first-order chi connectivity index (χ1) is 29.2. The predicted octanol–water partition coefficient (Wildman–Crippen LogP) is 8.56. The van der Waals surface area contributed by atoms with Gasteiger partial charge < -0.3 is 0 Å². The van der Waals surface area contributed by atoms with E-state index < -0.39 is 186 Å². The van der Waals surface area contributed by atoms with Crippen molar-refractivity contribution < 1.29 is 114 Å². The molecular formula is C36H7BF25N. The van der Waals surface area contributed by atoms with Gasteiger partial charge in [0.15, 0.2) is 112 Å².